The number of methoxy groups -OCH3 is 1. The highest BCUT2D eigenvalue weighted by atomic mass is 16.5. The van der Waals surface area contributed by atoms with Gasteiger partial charge in [-0.2, -0.15) is 5.10 Å². The van der Waals surface area contributed by atoms with E-state index < -0.39 is 12.1 Å². The third kappa shape index (κ3) is 2.36. The normalized spacial score (nSPS) is 13.7. The van der Waals surface area contributed by atoms with Gasteiger partial charge in [0.1, 0.15) is 0 Å². The molecule has 0 amide bonds. The first kappa shape index (κ1) is 11.7. The molecule has 84 valence electrons. The van der Waals surface area contributed by atoms with E-state index in [-0.39, 0.29) is 5.41 Å². The highest BCUT2D eigenvalue weighted by Gasteiger charge is 2.28. The Kier molecular flexibility index (Phi) is 3.14. The molecule has 0 fully saturated rings. The molecule has 0 saturated heterocycles. The number of aromatic amines is 1. The minimum Gasteiger partial charge on any atom is -0.467 e. The monoisotopic (exact) mass is 212 g/mol. The molecule has 1 heterocycles. The lowest BCUT2D eigenvalue weighted by Gasteiger charge is -2.19. The van der Waals surface area contributed by atoms with Gasteiger partial charge in [0, 0.05) is 16.7 Å². The Labute approximate surface area is 88.5 Å². The number of esters is 1. The fourth-order valence-corrected chi connectivity index (χ4v) is 1.34. The number of H-pyrrole nitrogens is 1. The van der Waals surface area contributed by atoms with Crippen molar-refractivity contribution in [1.82, 2.24) is 10.2 Å². The van der Waals surface area contributed by atoms with Crippen molar-refractivity contribution in [2.24, 2.45) is 0 Å². The highest BCUT2D eigenvalue weighted by molar-refractivity contribution is 5.76. The van der Waals surface area contributed by atoms with E-state index in [1.807, 2.05) is 20.8 Å². The minimum atomic E-state index is -1.28. The summed E-state index contributed by atoms with van der Waals surface area (Å²) in [4.78, 5) is 11.2. The van der Waals surface area contributed by atoms with Gasteiger partial charge in [-0.3, -0.25) is 5.10 Å². The second-order valence-corrected chi connectivity index (χ2v) is 4.38. The summed E-state index contributed by atoms with van der Waals surface area (Å²) in [5.41, 5.74) is 0.996. The van der Waals surface area contributed by atoms with E-state index in [0.29, 0.717) is 5.56 Å². The minimum absolute atomic E-state index is 0.208. The van der Waals surface area contributed by atoms with Gasteiger partial charge in [0.25, 0.3) is 0 Å². The number of aromatic nitrogens is 2. The van der Waals surface area contributed by atoms with E-state index in [9.17, 15) is 9.90 Å². The maximum absolute atomic E-state index is 11.2. The molecule has 2 N–H and O–H groups in total. The molecule has 1 atom stereocenters. The van der Waals surface area contributed by atoms with Gasteiger partial charge in [-0.25, -0.2) is 4.79 Å². The summed E-state index contributed by atoms with van der Waals surface area (Å²) in [6.45, 7) is 5.90. The quantitative estimate of drug-likeness (QED) is 0.714. The Morgan fingerprint density at radius 1 is 1.60 bits per heavy atom. The van der Waals surface area contributed by atoms with Crippen LogP contribution in [0.15, 0.2) is 6.20 Å². The number of carbonyl (C=O) groups excluding carboxylic acids is 1. The van der Waals surface area contributed by atoms with Crippen LogP contribution in [-0.2, 0) is 14.9 Å². The highest BCUT2D eigenvalue weighted by Crippen LogP contribution is 2.27. The molecular weight excluding hydrogens is 196 g/mol. The van der Waals surface area contributed by atoms with E-state index in [1.54, 1.807) is 0 Å². The molecule has 5 heteroatoms. The van der Waals surface area contributed by atoms with Gasteiger partial charge in [-0.1, -0.05) is 20.8 Å². The Morgan fingerprint density at radius 3 is 2.67 bits per heavy atom. The number of ether oxygens (including phenoxy) is 1. The molecule has 0 aliphatic heterocycles. The SMILES string of the molecule is COC(=O)C(O)c1cn[nH]c1C(C)(C)C. The van der Waals surface area contributed by atoms with Crippen LogP contribution in [0.5, 0.6) is 0 Å². The molecular formula is C10H16N2O3. The average Bonchev–Trinajstić information content (AvgIpc) is 2.63. The van der Waals surface area contributed by atoms with Crippen LogP contribution in [0.4, 0.5) is 0 Å². The zero-order valence-electron chi connectivity index (χ0n) is 9.37. The van der Waals surface area contributed by atoms with Gasteiger partial charge in [-0.15, -0.1) is 0 Å². The van der Waals surface area contributed by atoms with Gasteiger partial charge >= 0.3 is 5.97 Å². The number of rotatable bonds is 2. The number of aliphatic hydroxyl groups excluding tert-OH is 1. The van der Waals surface area contributed by atoms with Crippen LogP contribution in [0.1, 0.15) is 38.1 Å². The predicted molar refractivity (Wildman–Crippen MR) is 54.3 cm³/mol. The van der Waals surface area contributed by atoms with E-state index in [4.69, 9.17) is 0 Å². The smallest absolute Gasteiger partial charge is 0.339 e. The number of aliphatic hydroxyl groups is 1. The van der Waals surface area contributed by atoms with Crippen LogP contribution in [0, 0.1) is 0 Å². The molecule has 1 unspecified atom stereocenters. The van der Waals surface area contributed by atoms with Crippen molar-refractivity contribution >= 4 is 5.97 Å². The van der Waals surface area contributed by atoms with Crippen molar-refractivity contribution in [2.75, 3.05) is 7.11 Å². The summed E-state index contributed by atoms with van der Waals surface area (Å²) < 4.78 is 4.47. The fraction of sp³-hybridized carbons (Fsp3) is 0.600. The molecule has 0 aliphatic rings. The number of hydrogen-bond donors (Lipinski definition) is 2. The Balaban J connectivity index is 3.05. The third-order valence-electron chi connectivity index (χ3n) is 2.14. The number of nitrogens with zero attached hydrogens (tertiary/aromatic N) is 1. The largest absolute Gasteiger partial charge is 0.467 e. The average molecular weight is 212 g/mol. The molecule has 1 aromatic heterocycles. The number of nitrogens with one attached hydrogen (secondary N) is 1. The van der Waals surface area contributed by atoms with Crippen LogP contribution in [-0.4, -0.2) is 28.4 Å². The summed E-state index contributed by atoms with van der Waals surface area (Å²) >= 11 is 0. The molecule has 0 spiro atoms. The maximum Gasteiger partial charge on any atom is 0.339 e. The Morgan fingerprint density at radius 2 is 2.20 bits per heavy atom. The van der Waals surface area contributed by atoms with Crippen LogP contribution < -0.4 is 0 Å². The Hall–Kier alpha value is -1.36. The first-order valence-corrected chi connectivity index (χ1v) is 4.67. The van der Waals surface area contributed by atoms with E-state index >= 15 is 0 Å². The van der Waals surface area contributed by atoms with Gasteiger partial charge in [0.05, 0.1) is 13.3 Å². The number of carbonyl (C=O) groups is 1. The van der Waals surface area contributed by atoms with Crippen molar-refractivity contribution < 1.29 is 14.6 Å². The lowest BCUT2D eigenvalue weighted by atomic mass is 9.88. The molecule has 1 aromatic rings. The van der Waals surface area contributed by atoms with Gasteiger partial charge in [-0.05, 0) is 0 Å². The van der Waals surface area contributed by atoms with E-state index in [2.05, 4.69) is 14.9 Å². The van der Waals surface area contributed by atoms with Crippen molar-refractivity contribution in [3.8, 4) is 0 Å². The lowest BCUT2D eigenvalue weighted by molar-refractivity contribution is -0.150. The Bertz CT molecular complexity index is 352. The summed E-state index contributed by atoms with van der Waals surface area (Å²) in [5.74, 6) is -0.679. The van der Waals surface area contributed by atoms with Gasteiger partial charge in [0.15, 0.2) is 6.10 Å². The molecule has 0 radical (unpaired) electrons. The van der Waals surface area contributed by atoms with Crippen molar-refractivity contribution in [3.63, 3.8) is 0 Å². The predicted octanol–water partition coefficient (Wildman–Crippen LogP) is 0.914. The molecule has 0 aromatic carbocycles. The molecule has 15 heavy (non-hydrogen) atoms. The molecule has 0 bridgehead atoms. The third-order valence-corrected chi connectivity index (χ3v) is 2.14. The molecule has 5 nitrogen and oxygen atoms in total. The van der Waals surface area contributed by atoms with Gasteiger partial charge < -0.3 is 9.84 Å². The lowest BCUT2D eigenvalue weighted by Crippen LogP contribution is -2.20. The summed E-state index contributed by atoms with van der Waals surface area (Å²) in [7, 11) is 1.24. The first-order valence-electron chi connectivity index (χ1n) is 4.67. The summed E-state index contributed by atoms with van der Waals surface area (Å²) in [5, 5.41) is 16.3. The van der Waals surface area contributed by atoms with E-state index in [0.717, 1.165) is 5.69 Å². The van der Waals surface area contributed by atoms with Crippen LogP contribution in [0.2, 0.25) is 0 Å². The topological polar surface area (TPSA) is 75.2 Å². The zero-order chi connectivity index (χ0) is 11.6. The van der Waals surface area contributed by atoms with Crippen LogP contribution >= 0.6 is 0 Å². The fourth-order valence-electron chi connectivity index (χ4n) is 1.34. The molecule has 0 saturated carbocycles. The summed E-state index contributed by atoms with van der Waals surface area (Å²) in [6.07, 6.45) is 0.172. The zero-order valence-corrected chi connectivity index (χ0v) is 9.37. The van der Waals surface area contributed by atoms with Gasteiger partial charge in [0.2, 0.25) is 0 Å². The second-order valence-electron chi connectivity index (χ2n) is 4.38. The standard InChI is InChI=1S/C10H16N2O3/c1-10(2,3)8-6(5-11-12-8)7(13)9(14)15-4/h5,7,13H,1-4H3,(H,11,12). The van der Waals surface area contributed by atoms with Crippen molar-refractivity contribution in [1.29, 1.82) is 0 Å². The molecule has 1 rings (SSSR count). The van der Waals surface area contributed by atoms with Crippen LogP contribution in [0.25, 0.3) is 0 Å². The van der Waals surface area contributed by atoms with Crippen molar-refractivity contribution in [2.45, 2.75) is 32.3 Å². The van der Waals surface area contributed by atoms with Crippen LogP contribution in [0.3, 0.4) is 0 Å². The second kappa shape index (κ2) is 4.02. The first-order chi connectivity index (χ1) is 6.88. The molecule has 0 aliphatic carbocycles. The summed E-state index contributed by atoms with van der Waals surface area (Å²) in [6, 6.07) is 0. The van der Waals surface area contributed by atoms with Crippen molar-refractivity contribution in [3.05, 3.63) is 17.5 Å². The maximum atomic E-state index is 11.2. The number of hydrogen-bond acceptors (Lipinski definition) is 4. The van der Waals surface area contributed by atoms with E-state index in [1.165, 1.54) is 13.3 Å².